The fourth-order valence-electron chi connectivity index (χ4n) is 6.42. The molecule has 2 aliphatic carbocycles. The highest BCUT2D eigenvalue weighted by atomic mass is 16.3. The van der Waals surface area contributed by atoms with Crippen molar-refractivity contribution in [2.75, 3.05) is 0 Å². The minimum atomic E-state index is -0.154. The molecule has 0 aromatic carbocycles. The van der Waals surface area contributed by atoms with Crippen molar-refractivity contribution in [3.05, 3.63) is 46.6 Å². The lowest BCUT2D eigenvalue weighted by Gasteiger charge is -2.58. The van der Waals surface area contributed by atoms with E-state index in [-0.39, 0.29) is 11.5 Å². The van der Waals surface area contributed by atoms with Crippen molar-refractivity contribution in [1.82, 2.24) is 0 Å². The Labute approximate surface area is 193 Å². The van der Waals surface area contributed by atoms with Gasteiger partial charge in [-0.2, -0.15) is 0 Å². The highest BCUT2D eigenvalue weighted by Crippen LogP contribution is 2.60. The highest BCUT2D eigenvalue weighted by molar-refractivity contribution is 5.19. The van der Waals surface area contributed by atoms with Crippen LogP contribution in [-0.2, 0) is 0 Å². The zero-order valence-corrected chi connectivity index (χ0v) is 21.9. The smallest absolute Gasteiger partial charge is 0.0594 e. The van der Waals surface area contributed by atoms with E-state index in [0.717, 1.165) is 25.7 Å². The Balaban J connectivity index is 1.90. The zero-order chi connectivity index (χ0) is 23.2. The van der Waals surface area contributed by atoms with Crippen molar-refractivity contribution in [3.8, 4) is 0 Å². The van der Waals surface area contributed by atoms with Crippen LogP contribution in [0.4, 0.5) is 0 Å². The number of fused-ring (bicyclic) bond motifs is 1. The molecule has 31 heavy (non-hydrogen) atoms. The summed E-state index contributed by atoms with van der Waals surface area (Å²) >= 11 is 0. The molecule has 2 rings (SSSR count). The lowest BCUT2D eigenvalue weighted by Crippen LogP contribution is -2.54. The van der Waals surface area contributed by atoms with Gasteiger partial charge in [-0.05, 0) is 115 Å². The predicted octanol–water partition coefficient (Wildman–Crippen LogP) is 8.96. The topological polar surface area (TPSA) is 20.2 Å². The van der Waals surface area contributed by atoms with E-state index in [0.29, 0.717) is 17.3 Å². The number of hydrogen-bond acceptors (Lipinski definition) is 1. The number of hydrogen-bond donors (Lipinski definition) is 1. The van der Waals surface area contributed by atoms with E-state index in [4.69, 9.17) is 0 Å². The van der Waals surface area contributed by atoms with E-state index in [1.54, 1.807) is 5.57 Å². The summed E-state index contributed by atoms with van der Waals surface area (Å²) in [5.41, 5.74) is 6.41. The van der Waals surface area contributed by atoms with Crippen LogP contribution in [0.1, 0.15) is 113 Å². The molecule has 0 aromatic rings. The molecule has 0 bridgehead atoms. The van der Waals surface area contributed by atoms with E-state index >= 15 is 0 Å². The van der Waals surface area contributed by atoms with Crippen molar-refractivity contribution in [3.63, 3.8) is 0 Å². The van der Waals surface area contributed by atoms with Gasteiger partial charge < -0.3 is 5.11 Å². The number of allylic oxidation sites excluding steroid dienone is 8. The molecule has 0 amide bonds. The lowest BCUT2D eigenvalue weighted by atomic mass is 9.47. The van der Waals surface area contributed by atoms with Crippen LogP contribution in [0.2, 0.25) is 0 Å². The minimum absolute atomic E-state index is 0.0179. The summed E-state index contributed by atoms with van der Waals surface area (Å²) in [6, 6.07) is 0. The second kappa shape index (κ2) is 11.2. The predicted molar refractivity (Wildman–Crippen MR) is 137 cm³/mol. The van der Waals surface area contributed by atoms with Gasteiger partial charge in [0.1, 0.15) is 0 Å². The van der Waals surface area contributed by atoms with Crippen LogP contribution in [0, 0.1) is 22.7 Å². The molecule has 0 aromatic heterocycles. The van der Waals surface area contributed by atoms with Gasteiger partial charge in [-0.1, -0.05) is 67.4 Å². The maximum atomic E-state index is 10.6. The van der Waals surface area contributed by atoms with E-state index in [1.807, 2.05) is 0 Å². The third-order valence-corrected chi connectivity index (χ3v) is 8.60. The Morgan fingerprint density at radius 3 is 2.16 bits per heavy atom. The van der Waals surface area contributed by atoms with E-state index < -0.39 is 0 Å². The van der Waals surface area contributed by atoms with Crippen molar-refractivity contribution < 1.29 is 5.11 Å². The summed E-state index contributed by atoms with van der Waals surface area (Å²) in [4.78, 5) is 0. The van der Waals surface area contributed by atoms with Crippen molar-refractivity contribution in [2.24, 2.45) is 22.7 Å². The van der Waals surface area contributed by atoms with Crippen LogP contribution in [0.15, 0.2) is 46.6 Å². The van der Waals surface area contributed by atoms with E-state index in [2.05, 4.69) is 79.7 Å². The van der Waals surface area contributed by atoms with E-state index in [9.17, 15) is 5.11 Å². The molecule has 0 unspecified atom stereocenters. The molecule has 1 nitrogen and oxygen atoms in total. The average molecular weight is 427 g/mol. The maximum absolute atomic E-state index is 10.6. The Morgan fingerprint density at radius 2 is 1.55 bits per heavy atom. The van der Waals surface area contributed by atoms with Crippen molar-refractivity contribution in [2.45, 2.75) is 119 Å². The molecular weight excluding hydrogens is 376 g/mol. The van der Waals surface area contributed by atoms with E-state index in [1.165, 1.54) is 48.8 Å². The highest BCUT2D eigenvalue weighted by Gasteiger charge is 2.54. The summed E-state index contributed by atoms with van der Waals surface area (Å²) in [6.07, 6.45) is 20.0. The lowest BCUT2D eigenvalue weighted by molar-refractivity contribution is -0.115. The van der Waals surface area contributed by atoms with Crippen LogP contribution in [0.5, 0.6) is 0 Å². The number of aliphatic hydroxyl groups is 1. The Hall–Kier alpha value is -1.08. The standard InChI is InChI=1S/C30H50O/c1-22(2)12-9-13-23(3)14-10-15-24(4)16-11-17-26-25(5)18-19-27-29(6,7)28(31)20-21-30(26,27)8/h12,14,16,18,26-28,31H,9-11,13,15,17,19-21H2,1-8H3/b23-14+,24-16+/t26-,27-,28-,30+/m0/s1. The fourth-order valence-corrected chi connectivity index (χ4v) is 6.42. The van der Waals surface area contributed by atoms with Crippen LogP contribution >= 0.6 is 0 Å². The second-order valence-electron chi connectivity index (χ2n) is 11.7. The summed E-state index contributed by atoms with van der Waals surface area (Å²) in [5.74, 6) is 1.24. The molecule has 0 heterocycles. The third kappa shape index (κ3) is 6.70. The van der Waals surface area contributed by atoms with Gasteiger partial charge in [-0.15, -0.1) is 0 Å². The van der Waals surface area contributed by atoms with Gasteiger partial charge in [0.15, 0.2) is 0 Å². The zero-order valence-electron chi connectivity index (χ0n) is 21.9. The third-order valence-electron chi connectivity index (χ3n) is 8.60. The summed E-state index contributed by atoms with van der Waals surface area (Å²) in [5, 5.41) is 10.6. The quantitative estimate of drug-likeness (QED) is 0.365. The molecule has 0 radical (unpaired) electrons. The Morgan fingerprint density at radius 1 is 0.968 bits per heavy atom. The number of aliphatic hydroxyl groups excluding tert-OH is 1. The number of rotatable bonds is 9. The molecular formula is C30H50O. The summed E-state index contributed by atoms with van der Waals surface area (Å²) in [6.45, 7) is 18.4. The molecule has 1 N–H and O–H groups in total. The SMILES string of the molecule is CC(C)=CCC/C(C)=C/CC/C(C)=C/CC[C@H]1C(C)=CC[C@H]2C(C)(C)[C@@H](O)CC[C@]12C. The normalized spacial score (nSPS) is 31.1. The largest absolute Gasteiger partial charge is 0.393 e. The molecule has 1 saturated carbocycles. The van der Waals surface area contributed by atoms with Crippen LogP contribution in [0.25, 0.3) is 0 Å². The van der Waals surface area contributed by atoms with Gasteiger partial charge in [0.05, 0.1) is 6.10 Å². The second-order valence-corrected chi connectivity index (χ2v) is 11.7. The minimum Gasteiger partial charge on any atom is -0.393 e. The first-order valence-corrected chi connectivity index (χ1v) is 12.8. The first-order valence-electron chi connectivity index (χ1n) is 12.8. The van der Waals surface area contributed by atoms with Crippen LogP contribution in [-0.4, -0.2) is 11.2 Å². The van der Waals surface area contributed by atoms with Gasteiger partial charge in [0.25, 0.3) is 0 Å². The molecule has 0 saturated heterocycles. The van der Waals surface area contributed by atoms with Gasteiger partial charge in [0, 0.05) is 0 Å². The maximum Gasteiger partial charge on any atom is 0.0594 e. The molecule has 4 atom stereocenters. The molecule has 1 heteroatoms. The van der Waals surface area contributed by atoms with Gasteiger partial charge in [0.2, 0.25) is 0 Å². The van der Waals surface area contributed by atoms with Gasteiger partial charge in [-0.25, -0.2) is 0 Å². The van der Waals surface area contributed by atoms with Crippen LogP contribution in [0.3, 0.4) is 0 Å². The van der Waals surface area contributed by atoms with Crippen molar-refractivity contribution >= 4 is 0 Å². The Bertz CT molecular complexity index is 713. The van der Waals surface area contributed by atoms with Crippen LogP contribution < -0.4 is 0 Å². The Kier molecular flexibility index (Phi) is 9.43. The molecule has 0 spiro atoms. The fraction of sp³-hybridized carbons (Fsp3) is 0.733. The first-order chi connectivity index (χ1) is 14.5. The summed E-state index contributed by atoms with van der Waals surface area (Å²) < 4.78 is 0. The van der Waals surface area contributed by atoms with Crippen molar-refractivity contribution in [1.29, 1.82) is 0 Å². The molecule has 1 fully saturated rings. The monoisotopic (exact) mass is 426 g/mol. The van der Waals surface area contributed by atoms with Gasteiger partial charge >= 0.3 is 0 Å². The molecule has 2 aliphatic rings. The van der Waals surface area contributed by atoms with Gasteiger partial charge in [-0.3, -0.25) is 0 Å². The molecule has 0 aliphatic heterocycles. The summed E-state index contributed by atoms with van der Waals surface area (Å²) in [7, 11) is 0. The average Bonchev–Trinajstić information content (AvgIpc) is 2.67. The molecule has 176 valence electrons. The first kappa shape index (κ1) is 26.2.